The smallest absolute Gasteiger partial charge is 0.425 e. The Labute approximate surface area is 164 Å². The molecule has 0 spiro atoms. The molecule has 30 heavy (non-hydrogen) atoms. The molecular formula is C18H11F3N4O5. The Bertz CT molecular complexity index is 1260. The molecule has 1 aliphatic rings. The van der Waals surface area contributed by atoms with Crippen molar-refractivity contribution in [2.75, 3.05) is 5.32 Å². The molecule has 3 aromatic rings. The van der Waals surface area contributed by atoms with Crippen molar-refractivity contribution in [2.24, 2.45) is 0 Å². The van der Waals surface area contributed by atoms with Gasteiger partial charge in [-0.05, 0) is 24.3 Å². The number of rotatable bonds is 3. The summed E-state index contributed by atoms with van der Waals surface area (Å²) >= 11 is 0. The predicted octanol–water partition coefficient (Wildman–Crippen LogP) is 1.26. The molecule has 0 saturated heterocycles. The summed E-state index contributed by atoms with van der Waals surface area (Å²) in [5.41, 5.74) is -7.36. The van der Waals surface area contributed by atoms with E-state index in [9.17, 15) is 32.3 Å². The van der Waals surface area contributed by atoms with Crippen LogP contribution in [-0.2, 0) is 10.3 Å². The Kier molecular flexibility index (Phi) is 4.15. The second kappa shape index (κ2) is 6.47. The molecule has 0 radical (unpaired) electrons. The molecule has 3 N–H and O–H groups in total. The number of para-hydroxylation sites is 1. The number of nitrogens with zero attached hydrogens (tertiary/aromatic N) is 1. The number of halogens is 3. The number of carbonyl (C=O) groups excluding carboxylic acids is 2. The number of hydrogen-bond acceptors (Lipinski definition) is 5. The molecule has 0 bridgehead atoms. The molecule has 1 unspecified atom stereocenters. The summed E-state index contributed by atoms with van der Waals surface area (Å²) in [5, 5.41) is 3.51. The molecule has 9 nitrogen and oxygen atoms in total. The zero-order chi connectivity index (χ0) is 21.7. The first-order chi connectivity index (χ1) is 14.2. The SMILES string of the molecule is O=C(NC1(C(F)(F)F)C(=O)Nc2c1c(=O)[nH]c(=O)n2-c1ccccc1)c1ccco1. The monoisotopic (exact) mass is 420 g/mol. The number of benzene rings is 1. The summed E-state index contributed by atoms with van der Waals surface area (Å²) < 4.78 is 48.1. The van der Waals surface area contributed by atoms with Crippen molar-refractivity contribution in [1.82, 2.24) is 14.9 Å². The Morgan fingerprint density at radius 2 is 1.77 bits per heavy atom. The number of H-pyrrole nitrogens is 1. The minimum absolute atomic E-state index is 0.0886. The van der Waals surface area contributed by atoms with Crippen molar-refractivity contribution in [1.29, 1.82) is 0 Å². The molecule has 0 fully saturated rings. The van der Waals surface area contributed by atoms with Gasteiger partial charge in [0, 0.05) is 0 Å². The van der Waals surface area contributed by atoms with Crippen LogP contribution in [0.25, 0.3) is 5.69 Å². The number of fused-ring (bicyclic) bond motifs is 1. The van der Waals surface area contributed by atoms with E-state index in [1.807, 2.05) is 5.32 Å². The minimum atomic E-state index is -5.43. The number of alkyl halides is 3. The van der Waals surface area contributed by atoms with E-state index < -0.39 is 51.9 Å². The number of anilines is 1. The molecule has 1 aromatic carbocycles. The van der Waals surface area contributed by atoms with Gasteiger partial charge in [-0.15, -0.1) is 0 Å². The van der Waals surface area contributed by atoms with Gasteiger partial charge in [-0.2, -0.15) is 13.2 Å². The van der Waals surface area contributed by atoms with Crippen LogP contribution in [0, 0.1) is 0 Å². The average Bonchev–Trinajstić information content (AvgIpc) is 3.30. The number of aromatic nitrogens is 2. The van der Waals surface area contributed by atoms with Crippen LogP contribution in [-0.4, -0.2) is 27.5 Å². The van der Waals surface area contributed by atoms with E-state index >= 15 is 0 Å². The number of hydrogen-bond donors (Lipinski definition) is 3. The summed E-state index contributed by atoms with van der Waals surface area (Å²) in [5.74, 6) is -4.33. The fourth-order valence-corrected chi connectivity index (χ4v) is 3.24. The van der Waals surface area contributed by atoms with E-state index in [2.05, 4.69) is 0 Å². The maximum atomic E-state index is 14.2. The lowest BCUT2D eigenvalue weighted by atomic mass is 9.91. The summed E-state index contributed by atoms with van der Waals surface area (Å²) in [4.78, 5) is 51.5. The van der Waals surface area contributed by atoms with Gasteiger partial charge in [-0.1, -0.05) is 18.2 Å². The van der Waals surface area contributed by atoms with Gasteiger partial charge in [0.25, 0.3) is 22.9 Å². The standard InChI is InChI=1S/C18H11F3N4O5/c19-18(20,21)17(24-13(26)10-7-4-8-30-10)11-12(22-15(17)28)25(16(29)23-14(11)27)9-5-2-1-3-6-9/h1-8H,(H,22,28)(H,24,26)(H,23,27,29). The van der Waals surface area contributed by atoms with Gasteiger partial charge in [-0.3, -0.25) is 19.4 Å². The van der Waals surface area contributed by atoms with Gasteiger partial charge in [-0.25, -0.2) is 9.36 Å². The van der Waals surface area contributed by atoms with E-state index in [0.29, 0.717) is 4.57 Å². The highest BCUT2D eigenvalue weighted by Gasteiger charge is 2.68. The van der Waals surface area contributed by atoms with Crippen molar-refractivity contribution < 1.29 is 27.2 Å². The Hall–Kier alpha value is -4.09. The van der Waals surface area contributed by atoms with Crippen LogP contribution >= 0.6 is 0 Å². The van der Waals surface area contributed by atoms with Gasteiger partial charge >= 0.3 is 11.9 Å². The molecule has 2 aromatic heterocycles. The van der Waals surface area contributed by atoms with Crippen molar-refractivity contribution in [2.45, 2.75) is 11.7 Å². The van der Waals surface area contributed by atoms with E-state index in [0.717, 1.165) is 12.3 Å². The fraction of sp³-hybridized carbons (Fsp3) is 0.111. The van der Waals surface area contributed by atoms with Crippen LogP contribution < -0.4 is 21.9 Å². The second-order valence-electron chi connectivity index (χ2n) is 6.29. The molecule has 12 heteroatoms. The highest BCUT2D eigenvalue weighted by molar-refractivity contribution is 6.09. The molecule has 3 heterocycles. The van der Waals surface area contributed by atoms with Crippen molar-refractivity contribution in [3.8, 4) is 5.69 Å². The van der Waals surface area contributed by atoms with Gasteiger partial charge in [0.05, 0.1) is 12.0 Å². The van der Waals surface area contributed by atoms with Crippen LogP contribution in [0.2, 0.25) is 0 Å². The molecule has 4 rings (SSSR count). The number of aromatic amines is 1. The average molecular weight is 420 g/mol. The largest absolute Gasteiger partial charge is 0.459 e. The van der Waals surface area contributed by atoms with Crippen LogP contribution in [0.5, 0.6) is 0 Å². The van der Waals surface area contributed by atoms with E-state index in [1.165, 1.54) is 30.3 Å². The summed E-state index contributed by atoms with van der Waals surface area (Å²) in [6.07, 6.45) is -4.38. The quantitative estimate of drug-likeness (QED) is 0.588. The fourth-order valence-electron chi connectivity index (χ4n) is 3.24. The molecule has 1 atom stereocenters. The lowest BCUT2D eigenvalue weighted by Crippen LogP contribution is -2.62. The van der Waals surface area contributed by atoms with Crippen LogP contribution in [0.4, 0.5) is 19.0 Å². The van der Waals surface area contributed by atoms with E-state index in [-0.39, 0.29) is 5.69 Å². The maximum Gasteiger partial charge on any atom is 0.425 e. The van der Waals surface area contributed by atoms with Gasteiger partial charge < -0.3 is 15.1 Å². The first-order valence-electron chi connectivity index (χ1n) is 8.36. The minimum Gasteiger partial charge on any atom is -0.459 e. The third-order valence-electron chi connectivity index (χ3n) is 4.54. The summed E-state index contributed by atoms with van der Waals surface area (Å²) in [6.45, 7) is 0. The third-order valence-corrected chi connectivity index (χ3v) is 4.54. The van der Waals surface area contributed by atoms with Crippen LogP contribution in [0.3, 0.4) is 0 Å². The number of amides is 2. The Morgan fingerprint density at radius 3 is 2.37 bits per heavy atom. The van der Waals surface area contributed by atoms with Gasteiger partial charge in [0.1, 0.15) is 11.4 Å². The molecule has 0 saturated carbocycles. The zero-order valence-corrected chi connectivity index (χ0v) is 14.7. The Balaban J connectivity index is 2.01. The number of nitrogens with one attached hydrogen (secondary N) is 3. The molecule has 0 aliphatic carbocycles. The topological polar surface area (TPSA) is 126 Å². The number of carbonyl (C=O) groups is 2. The zero-order valence-electron chi connectivity index (χ0n) is 14.7. The summed E-state index contributed by atoms with van der Waals surface area (Å²) in [7, 11) is 0. The van der Waals surface area contributed by atoms with Crippen molar-refractivity contribution in [3.63, 3.8) is 0 Å². The van der Waals surface area contributed by atoms with E-state index in [1.54, 1.807) is 16.4 Å². The normalized spacial score (nSPS) is 18.0. The first kappa shape index (κ1) is 19.2. The predicted molar refractivity (Wildman–Crippen MR) is 95.2 cm³/mol. The molecule has 154 valence electrons. The second-order valence-corrected chi connectivity index (χ2v) is 6.29. The van der Waals surface area contributed by atoms with Gasteiger partial charge in [0.15, 0.2) is 5.76 Å². The highest BCUT2D eigenvalue weighted by atomic mass is 19.4. The molecular weight excluding hydrogens is 409 g/mol. The summed E-state index contributed by atoms with van der Waals surface area (Å²) in [6, 6.07) is 9.74. The van der Waals surface area contributed by atoms with Crippen molar-refractivity contribution in [3.05, 3.63) is 80.9 Å². The first-order valence-corrected chi connectivity index (χ1v) is 8.36. The van der Waals surface area contributed by atoms with Crippen LogP contribution in [0.15, 0.2) is 62.7 Å². The lowest BCUT2D eigenvalue weighted by Gasteiger charge is -2.29. The maximum absolute atomic E-state index is 14.2. The lowest BCUT2D eigenvalue weighted by molar-refractivity contribution is -0.196. The number of furan rings is 1. The molecule has 2 amide bonds. The van der Waals surface area contributed by atoms with Crippen LogP contribution in [0.1, 0.15) is 16.1 Å². The molecule has 1 aliphatic heterocycles. The highest BCUT2D eigenvalue weighted by Crippen LogP contribution is 2.45. The van der Waals surface area contributed by atoms with Gasteiger partial charge in [0.2, 0.25) is 0 Å². The van der Waals surface area contributed by atoms with E-state index in [4.69, 9.17) is 4.42 Å². The third kappa shape index (κ3) is 2.64. The Morgan fingerprint density at radius 1 is 1.07 bits per heavy atom. The van der Waals surface area contributed by atoms with Crippen molar-refractivity contribution >= 4 is 17.6 Å².